The molecular formula is C24H18N4O4S. The number of rotatable bonds is 6. The number of thiazole rings is 1. The van der Waals surface area contributed by atoms with Gasteiger partial charge in [-0.2, -0.15) is 5.26 Å². The summed E-state index contributed by atoms with van der Waals surface area (Å²) in [6, 6.07) is 15.6. The van der Waals surface area contributed by atoms with Gasteiger partial charge in [-0.15, -0.1) is 11.3 Å². The van der Waals surface area contributed by atoms with Gasteiger partial charge in [0.25, 0.3) is 5.69 Å². The lowest BCUT2D eigenvalue weighted by Gasteiger charge is -2.06. The predicted molar refractivity (Wildman–Crippen MR) is 128 cm³/mol. The summed E-state index contributed by atoms with van der Waals surface area (Å²) in [7, 11) is 0. The van der Waals surface area contributed by atoms with Crippen LogP contribution in [0.1, 0.15) is 30.3 Å². The molecular weight excluding hydrogens is 440 g/mol. The van der Waals surface area contributed by atoms with Gasteiger partial charge in [-0.3, -0.25) is 10.1 Å². The van der Waals surface area contributed by atoms with Crippen molar-refractivity contribution in [3.63, 3.8) is 0 Å². The lowest BCUT2D eigenvalue weighted by Crippen LogP contribution is -2.03. The molecule has 0 spiro atoms. The summed E-state index contributed by atoms with van der Waals surface area (Å²) in [4.78, 5) is 27.4. The molecule has 2 heterocycles. The minimum absolute atomic E-state index is 0.108. The molecule has 0 fully saturated rings. The Kier molecular flexibility index (Phi) is 6.02. The zero-order valence-electron chi connectivity index (χ0n) is 17.7. The smallest absolute Gasteiger partial charge is 0.345 e. The van der Waals surface area contributed by atoms with Crippen molar-refractivity contribution >= 4 is 39.3 Å². The second-order valence-corrected chi connectivity index (χ2v) is 8.41. The molecule has 0 aliphatic carbocycles. The molecule has 33 heavy (non-hydrogen) atoms. The van der Waals surface area contributed by atoms with Gasteiger partial charge in [0, 0.05) is 34.8 Å². The van der Waals surface area contributed by atoms with Gasteiger partial charge in [0.1, 0.15) is 22.2 Å². The Morgan fingerprint density at radius 3 is 2.67 bits per heavy atom. The Hall–Kier alpha value is -4.29. The number of non-ortho nitro benzene ring substituents is 1. The summed E-state index contributed by atoms with van der Waals surface area (Å²) >= 11 is 1.21. The van der Waals surface area contributed by atoms with Crippen LogP contribution in [0.2, 0.25) is 0 Å². The standard InChI is InChI=1S/C24H18N4O4S/c1-14(2)15-3-5-18(6-4-15)26-12-17(11-25)23-27-21(13-33-23)20-10-16-9-19(28(30)31)7-8-22(16)32-24(20)29/h3-10,12-14,26H,1-2H3/b17-12+. The van der Waals surface area contributed by atoms with Gasteiger partial charge in [-0.05, 0) is 35.7 Å². The largest absolute Gasteiger partial charge is 0.422 e. The highest BCUT2D eigenvalue weighted by Gasteiger charge is 2.15. The van der Waals surface area contributed by atoms with Crippen molar-refractivity contribution in [1.29, 1.82) is 5.26 Å². The fraction of sp³-hybridized carbons (Fsp3) is 0.125. The Morgan fingerprint density at radius 2 is 2.00 bits per heavy atom. The molecule has 9 heteroatoms. The van der Waals surface area contributed by atoms with Crippen molar-refractivity contribution in [2.75, 3.05) is 5.32 Å². The number of hydrogen-bond donors (Lipinski definition) is 1. The number of allylic oxidation sites excluding steroid dienone is 1. The third-order valence-corrected chi connectivity index (χ3v) is 5.89. The molecule has 0 saturated heterocycles. The van der Waals surface area contributed by atoms with Crippen LogP contribution in [0.15, 0.2) is 69.3 Å². The average molecular weight is 458 g/mol. The predicted octanol–water partition coefficient (Wildman–Crippen LogP) is 5.92. The van der Waals surface area contributed by atoms with Crippen LogP contribution >= 0.6 is 11.3 Å². The molecule has 0 aliphatic rings. The number of benzene rings is 2. The van der Waals surface area contributed by atoms with E-state index in [4.69, 9.17) is 4.42 Å². The monoisotopic (exact) mass is 458 g/mol. The third-order valence-electron chi connectivity index (χ3n) is 5.02. The molecule has 0 amide bonds. The molecule has 0 saturated carbocycles. The molecule has 0 atom stereocenters. The maximum absolute atomic E-state index is 12.5. The molecule has 4 rings (SSSR count). The van der Waals surface area contributed by atoms with E-state index in [1.165, 1.54) is 41.2 Å². The molecule has 1 N–H and O–H groups in total. The van der Waals surface area contributed by atoms with Crippen molar-refractivity contribution in [2.24, 2.45) is 0 Å². The van der Waals surface area contributed by atoms with Crippen molar-refractivity contribution in [3.05, 3.63) is 91.2 Å². The Labute approximate surface area is 192 Å². The summed E-state index contributed by atoms with van der Waals surface area (Å²) in [5, 5.41) is 26.2. The molecule has 2 aromatic carbocycles. The molecule has 0 aliphatic heterocycles. The van der Waals surface area contributed by atoms with E-state index in [2.05, 4.69) is 30.2 Å². The van der Waals surface area contributed by atoms with Crippen molar-refractivity contribution in [1.82, 2.24) is 4.98 Å². The number of aromatic nitrogens is 1. The van der Waals surface area contributed by atoms with E-state index >= 15 is 0 Å². The van der Waals surface area contributed by atoms with Gasteiger partial charge in [-0.1, -0.05) is 26.0 Å². The SMILES string of the molecule is CC(C)c1ccc(N/C=C(\C#N)c2nc(-c3cc4cc([N+](=O)[O-])ccc4oc3=O)cs2)cc1. The van der Waals surface area contributed by atoms with Crippen LogP contribution in [0.25, 0.3) is 27.8 Å². The van der Waals surface area contributed by atoms with Crippen LogP contribution in [-0.4, -0.2) is 9.91 Å². The van der Waals surface area contributed by atoms with E-state index in [9.17, 15) is 20.2 Å². The van der Waals surface area contributed by atoms with Crippen molar-refractivity contribution in [3.8, 4) is 17.3 Å². The minimum Gasteiger partial charge on any atom is -0.422 e. The van der Waals surface area contributed by atoms with Crippen LogP contribution < -0.4 is 10.9 Å². The van der Waals surface area contributed by atoms with E-state index in [-0.39, 0.29) is 16.8 Å². The normalized spacial score (nSPS) is 11.5. The van der Waals surface area contributed by atoms with Gasteiger partial charge in [0.15, 0.2) is 0 Å². The highest BCUT2D eigenvalue weighted by atomic mass is 32.1. The number of nitrogens with one attached hydrogen (secondary N) is 1. The Bertz CT molecular complexity index is 1480. The second kappa shape index (κ2) is 9.06. The van der Waals surface area contributed by atoms with Gasteiger partial charge >= 0.3 is 5.63 Å². The molecule has 0 bridgehead atoms. The topological polar surface area (TPSA) is 122 Å². The fourth-order valence-corrected chi connectivity index (χ4v) is 3.97. The van der Waals surface area contributed by atoms with Crippen LogP contribution in [0.5, 0.6) is 0 Å². The number of anilines is 1. The molecule has 4 aromatic rings. The average Bonchev–Trinajstić information content (AvgIpc) is 3.28. The van der Waals surface area contributed by atoms with Gasteiger partial charge in [0.2, 0.25) is 0 Å². The zero-order chi connectivity index (χ0) is 23.5. The molecule has 164 valence electrons. The van der Waals surface area contributed by atoms with E-state index in [0.29, 0.717) is 27.6 Å². The number of fused-ring (bicyclic) bond motifs is 1. The quantitative estimate of drug-likeness (QED) is 0.164. The van der Waals surface area contributed by atoms with Gasteiger partial charge in [-0.25, -0.2) is 9.78 Å². The first-order valence-corrected chi connectivity index (χ1v) is 10.9. The van der Waals surface area contributed by atoms with Crippen LogP contribution in [0.4, 0.5) is 11.4 Å². The third kappa shape index (κ3) is 4.66. The molecule has 0 radical (unpaired) electrons. The molecule has 2 aromatic heterocycles. The van der Waals surface area contributed by atoms with Gasteiger partial charge < -0.3 is 9.73 Å². The Morgan fingerprint density at radius 1 is 1.24 bits per heavy atom. The maximum Gasteiger partial charge on any atom is 0.345 e. The fourth-order valence-electron chi connectivity index (χ4n) is 3.19. The zero-order valence-corrected chi connectivity index (χ0v) is 18.6. The summed E-state index contributed by atoms with van der Waals surface area (Å²) in [5.41, 5.74) is 2.38. The summed E-state index contributed by atoms with van der Waals surface area (Å²) in [5.74, 6) is 0.428. The molecule has 0 unspecified atom stereocenters. The summed E-state index contributed by atoms with van der Waals surface area (Å²) in [6.07, 6.45) is 1.57. The van der Waals surface area contributed by atoms with Crippen molar-refractivity contribution in [2.45, 2.75) is 19.8 Å². The van der Waals surface area contributed by atoms with Crippen LogP contribution in [0.3, 0.4) is 0 Å². The first-order valence-electron chi connectivity index (χ1n) is 10.0. The highest BCUT2D eigenvalue weighted by molar-refractivity contribution is 7.11. The van der Waals surface area contributed by atoms with Gasteiger partial charge in [0.05, 0.1) is 16.2 Å². The van der Waals surface area contributed by atoms with E-state index in [0.717, 1.165) is 5.69 Å². The first kappa shape index (κ1) is 21.9. The number of nitriles is 1. The highest BCUT2D eigenvalue weighted by Crippen LogP contribution is 2.28. The van der Waals surface area contributed by atoms with Crippen molar-refractivity contribution < 1.29 is 9.34 Å². The number of hydrogen-bond acceptors (Lipinski definition) is 8. The summed E-state index contributed by atoms with van der Waals surface area (Å²) in [6.45, 7) is 4.24. The number of nitro benzene ring substituents is 1. The Balaban J connectivity index is 1.63. The first-order chi connectivity index (χ1) is 15.9. The number of nitro groups is 1. The molecule has 8 nitrogen and oxygen atoms in total. The maximum atomic E-state index is 12.5. The lowest BCUT2D eigenvalue weighted by molar-refractivity contribution is -0.384. The van der Waals surface area contributed by atoms with E-state index < -0.39 is 10.5 Å². The van der Waals surface area contributed by atoms with E-state index in [1.807, 2.05) is 24.3 Å². The lowest BCUT2D eigenvalue weighted by atomic mass is 10.0. The second-order valence-electron chi connectivity index (χ2n) is 7.56. The van der Waals surface area contributed by atoms with E-state index in [1.54, 1.807) is 11.6 Å². The summed E-state index contributed by atoms with van der Waals surface area (Å²) < 4.78 is 5.30. The minimum atomic E-state index is -0.612. The van der Waals surface area contributed by atoms with Crippen LogP contribution in [0, 0.1) is 21.4 Å². The number of nitrogens with zero attached hydrogens (tertiary/aromatic N) is 3. The van der Waals surface area contributed by atoms with Crippen LogP contribution in [-0.2, 0) is 0 Å².